The summed E-state index contributed by atoms with van der Waals surface area (Å²) in [6.45, 7) is 1.96. The van der Waals surface area contributed by atoms with Crippen molar-refractivity contribution in [1.29, 1.82) is 0 Å². The van der Waals surface area contributed by atoms with Gasteiger partial charge in [0.1, 0.15) is 5.01 Å². The number of hydrogen-bond donors (Lipinski definition) is 1. The summed E-state index contributed by atoms with van der Waals surface area (Å²) < 4.78 is 13.8. The lowest BCUT2D eigenvalue weighted by Crippen LogP contribution is -2.10. The minimum absolute atomic E-state index is 0.101. The van der Waals surface area contributed by atoms with Crippen molar-refractivity contribution in [3.63, 3.8) is 0 Å². The van der Waals surface area contributed by atoms with Crippen molar-refractivity contribution in [3.05, 3.63) is 50.7 Å². The van der Waals surface area contributed by atoms with Crippen LogP contribution in [0.5, 0.6) is 0 Å². The Hall–Kier alpha value is -2.02. The van der Waals surface area contributed by atoms with Crippen LogP contribution in [-0.4, -0.2) is 9.91 Å². The van der Waals surface area contributed by atoms with Crippen molar-refractivity contribution < 1.29 is 9.31 Å². The van der Waals surface area contributed by atoms with Gasteiger partial charge in [-0.15, -0.1) is 11.3 Å². The summed E-state index contributed by atoms with van der Waals surface area (Å²) in [6, 6.07) is 3.47. The first-order valence-electron chi connectivity index (χ1n) is 5.71. The highest BCUT2D eigenvalue weighted by Gasteiger charge is 2.16. The van der Waals surface area contributed by atoms with Crippen molar-refractivity contribution in [2.24, 2.45) is 0 Å². The summed E-state index contributed by atoms with van der Waals surface area (Å²) in [5, 5.41) is 16.3. The highest BCUT2D eigenvalue weighted by molar-refractivity contribution is 7.09. The molecular weight excluding hydrogens is 269 g/mol. The Kier molecular flexibility index (Phi) is 4.06. The lowest BCUT2D eigenvalue weighted by atomic mass is 10.2. The number of nitro benzene ring substituents is 1. The van der Waals surface area contributed by atoms with E-state index in [1.54, 1.807) is 6.20 Å². The van der Waals surface area contributed by atoms with Crippen LogP contribution in [0.15, 0.2) is 29.8 Å². The molecule has 19 heavy (non-hydrogen) atoms. The second-order valence-electron chi connectivity index (χ2n) is 3.90. The molecule has 7 heteroatoms. The fraction of sp³-hybridized carbons (Fsp3) is 0.250. The normalized spacial score (nSPS) is 12.1. The van der Waals surface area contributed by atoms with Crippen LogP contribution in [0.2, 0.25) is 0 Å². The molecule has 0 saturated carbocycles. The molecule has 2 aromatic rings. The Bertz CT molecular complexity index is 574. The van der Waals surface area contributed by atoms with Crippen LogP contribution in [0.1, 0.15) is 24.4 Å². The Balaban J connectivity index is 2.21. The zero-order chi connectivity index (χ0) is 13.8. The molecule has 1 N–H and O–H groups in total. The molecule has 1 heterocycles. The predicted molar refractivity (Wildman–Crippen MR) is 71.8 cm³/mol. The van der Waals surface area contributed by atoms with Gasteiger partial charge in [-0.2, -0.15) is 0 Å². The number of benzene rings is 1. The average molecular weight is 281 g/mol. The van der Waals surface area contributed by atoms with E-state index in [9.17, 15) is 14.5 Å². The molecule has 0 aliphatic carbocycles. The SMILES string of the molecule is CCC(Nc1ccc([N+](=O)[O-])cc1F)c1nccs1. The number of nitrogens with zero attached hydrogens (tertiary/aromatic N) is 2. The van der Waals surface area contributed by atoms with E-state index in [1.807, 2.05) is 12.3 Å². The third kappa shape index (κ3) is 3.05. The zero-order valence-corrected chi connectivity index (χ0v) is 11.0. The molecule has 0 amide bonds. The standard InChI is InChI=1S/C12H12FN3O2S/c1-2-10(12-14-5-6-19-12)15-11-4-3-8(16(17)18)7-9(11)13/h3-7,10,15H,2H2,1H3. The van der Waals surface area contributed by atoms with Crippen LogP contribution < -0.4 is 5.32 Å². The van der Waals surface area contributed by atoms with E-state index in [-0.39, 0.29) is 17.4 Å². The highest BCUT2D eigenvalue weighted by atomic mass is 32.1. The van der Waals surface area contributed by atoms with E-state index >= 15 is 0 Å². The first-order valence-corrected chi connectivity index (χ1v) is 6.59. The zero-order valence-electron chi connectivity index (χ0n) is 10.2. The molecular formula is C12H12FN3O2S. The number of thiazole rings is 1. The van der Waals surface area contributed by atoms with Crippen molar-refractivity contribution >= 4 is 22.7 Å². The van der Waals surface area contributed by atoms with Gasteiger partial charge in [-0.05, 0) is 12.5 Å². The van der Waals surface area contributed by atoms with Gasteiger partial charge in [0.15, 0.2) is 5.82 Å². The molecule has 1 unspecified atom stereocenters. The number of nitro groups is 1. The molecule has 2 rings (SSSR count). The second-order valence-corrected chi connectivity index (χ2v) is 4.82. The average Bonchev–Trinajstić information content (AvgIpc) is 2.91. The molecule has 0 fully saturated rings. The summed E-state index contributed by atoms with van der Waals surface area (Å²) in [5.74, 6) is -0.635. The lowest BCUT2D eigenvalue weighted by molar-refractivity contribution is -0.385. The molecule has 0 saturated heterocycles. The first-order chi connectivity index (χ1) is 9.11. The Labute approximate surface area is 113 Å². The number of rotatable bonds is 5. The van der Waals surface area contributed by atoms with Crippen LogP contribution >= 0.6 is 11.3 Å². The van der Waals surface area contributed by atoms with Gasteiger partial charge in [-0.3, -0.25) is 10.1 Å². The van der Waals surface area contributed by atoms with E-state index in [4.69, 9.17) is 0 Å². The van der Waals surface area contributed by atoms with Crippen LogP contribution in [0.25, 0.3) is 0 Å². The molecule has 0 radical (unpaired) electrons. The van der Waals surface area contributed by atoms with Crippen molar-refractivity contribution in [1.82, 2.24) is 4.98 Å². The fourth-order valence-corrected chi connectivity index (χ4v) is 2.44. The fourth-order valence-electron chi connectivity index (χ4n) is 1.67. The minimum atomic E-state index is -0.635. The smallest absolute Gasteiger partial charge is 0.272 e. The van der Waals surface area contributed by atoms with Crippen LogP contribution in [0.4, 0.5) is 15.8 Å². The van der Waals surface area contributed by atoms with Crippen molar-refractivity contribution in [3.8, 4) is 0 Å². The summed E-state index contributed by atoms with van der Waals surface area (Å²) in [7, 11) is 0. The van der Waals surface area contributed by atoms with Gasteiger partial charge in [0, 0.05) is 17.6 Å². The number of hydrogen-bond acceptors (Lipinski definition) is 5. The Morgan fingerprint density at radius 3 is 2.89 bits per heavy atom. The number of non-ortho nitro benzene ring substituents is 1. The topological polar surface area (TPSA) is 68.1 Å². The van der Waals surface area contributed by atoms with Crippen LogP contribution in [0, 0.1) is 15.9 Å². The van der Waals surface area contributed by atoms with E-state index < -0.39 is 10.7 Å². The van der Waals surface area contributed by atoms with E-state index in [0.717, 1.165) is 17.5 Å². The summed E-state index contributed by atoms with van der Waals surface area (Å²) >= 11 is 1.48. The molecule has 1 aromatic heterocycles. The van der Waals surface area contributed by atoms with Gasteiger partial charge in [0.05, 0.1) is 22.7 Å². The molecule has 5 nitrogen and oxygen atoms in total. The predicted octanol–water partition coefficient (Wildman–Crippen LogP) is 3.75. The molecule has 0 aliphatic rings. The number of halogens is 1. The van der Waals surface area contributed by atoms with Gasteiger partial charge in [0.25, 0.3) is 5.69 Å². The molecule has 0 spiro atoms. The number of anilines is 1. The lowest BCUT2D eigenvalue weighted by Gasteiger charge is -2.16. The molecule has 0 bridgehead atoms. The molecule has 1 aromatic carbocycles. The third-order valence-electron chi connectivity index (χ3n) is 2.65. The van der Waals surface area contributed by atoms with Crippen LogP contribution in [0.3, 0.4) is 0 Å². The maximum atomic E-state index is 13.8. The number of aromatic nitrogens is 1. The largest absolute Gasteiger partial charge is 0.373 e. The maximum absolute atomic E-state index is 13.8. The minimum Gasteiger partial charge on any atom is -0.373 e. The van der Waals surface area contributed by atoms with E-state index in [1.165, 1.54) is 23.5 Å². The van der Waals surface area contributed by atoms with Gasteiger partial charge >= 0.3 is 0 Å². The van der Waals surface area contributed by atoms with Crippen molar-refractivity contribution in [2.45, 2.75) is 19.4 Å². The second kappa shape index (κ2) is 5.75. The molecule has 100 valence electrons. The van der Waals surface area contributed by atoms with Gasteiger partial charge in [-0.1, -0.05) is 6.92 Å². The van der Waals surface area contributed by atoms with Gasteiger partial charge in [-0.25, -0.2) is 9.37 Å². The monoisotopic (exact) mass is 281 g/mol. The summed E-state index contributed by atoms with van der Waals surface area (Å²) in [5.41, 5.74) is -0.0157. The van der Waals surface area contributed by atoms with E-state index in [0.29, 0.717) is 0 Å². The Morgan fingerprint density at radius 2 is 2.37 bits per heavy atom. The van der Waals surface area contributed by atoms with Crippen molar-refractivity contribution in [2.75, 3.05) is 5.32 Å². The van der Waals surface area contributed by atoms with E-state index in [2.05, 4.69) is 10.3 Å². The van der Waals surface area contributed by atoms with Gasteiger partial charge < -0.3 is 5.32 Å². The maximum Gasteiger partial charge on any atom is 0.272 e. The molecule has 1 atom stereocenters. The quantitative estimate of drug-likeness (QED) is 0.669. The van der Waals surface area contributed by atoms with Crippen LogP contribution in [-0.2, 0) is 0 Å². The highest BCUT2D eigenvalue weighted by Crippen LogP contribution is 2.27. The molecule has 0 aliphatic heterocycles. The third-order valence-corrected chi connectivity index (χ3v) is 3.54. The summed E-state index contributed by atoms with van der Waals surface area (Å²) in [4.78, 5) is 14.1. The first kappa shape index (κ1) is 13.4. The summed E-state index contributed by atoms with van der Waals surface area (Å²) in [6.07, 6.45) is 2.43. The van der Waals surface area contributed by atoms with Gasteiger partial charge in [0.2, 0.25) is 0 Å². The number of nitrogens with one attached hydrogen (secondary N) is 1. The Morgan fingerprint density at radius 1 is 1.58 bits per heavy atom.